The van der Waals surface area contributed by atoms with E-state index in [9.17, 15) is 10.1 Å². The lowest BCUT2D eigenvalue weighted by atomic mass is 10.1. The van der Waals surface area contributed by atoms with Crippen molar-refractivity contribution in [3.8, 4) is 11.8 Å². The molecule has 1 aliphatic heterocycles. The number of nitrogens with one attached hydrogen (secondary N) is 1. The minimum absolute atomic E-state index is 0.0311. The van der Waals surface area contributed by atoms with Gasteiger partial charge in [0.25, 0.3) is 5.91 Å². The second kappa shape index (κ2) is 8.97. The monoisotopic (exact) mass is 446 g/mol. The molecule has 0 unspecified atom stereocenters. The second-order valence-electron chi connectivity index (χ2n) is 8.22. The number of nitriles is 1. The first kappa shape index (κ1) is 21.8. The lowest BCUT2D eigenvalue weighted by Gasteiger charge is -2.12. The number of nitrogens with zero attached hydrogens (tertiary/aromatic N) is 5. The predicted molar refractivity (Wildman–Crippen MR) is 128 cm³/mol. The van der Waals surface area contributed by atoms with E-state index < -0.39 is 5.91 Å². The van der Waals surface area contributed by atoms with Crippen molar-refractivity contribution in [1.29, 1.82) is 5.26 Å². The quantitative estimate of drug-likeness (QED) is 0.453. The lowest BCUT2D eigenvalue weighted by molar-refractivity contribution is -0.112. The molecule has 0 bridgehead atoms. The molecule has 4 rings (SSSR count). The van der Waals surface area contributed by atoms with E-state index in [4.69, 9.17) is 0 Å². The fraction of sp³-hybridized carbons (Fsp3) is 0.333. The summed E-state index contributed by atoms with van der Waals surface area (Å²) >= 11 is 1.33. The predicted octanol–water partition coefficient (Wildman–Crippen LogP) is 4.71. The van der Waals surface area contributed by atoms with E-state index in [-0.39, 0.29) is 5.57 Å². The topological polar surface area (TPSA) is 86.8 Å². The number of hydrogen-bond donors (Lipinski definition) is 1. The summed E-state index contributed by atoms with van der Waals surface area (Å²) in [5.74, 6) is -0.479. The van der Waals surface area contributed by atoms with Gasteiger partial charge in [-0.1, -0.05) is 17.4 Å². The number of carbonyl (C=O) groups excluding carboxylic acids is 1. The highest BCUT2D eigenvalue weighted by Gasteiger charge is 2.19. The summed E-state index contributed by atoms with van der Waals surface area (Å²) in [5, 5.41) is 21.8. The summed E-state index contributed by atoms with van der Waals surface area (Å²) in [6, 6.07) is 10.4. The number of rotatable bonds is 5. The van der Waals surface area contributed by atoms with Crippen LogP contribution in [0.15, 0.2) is 29.8 Å². The van der Waals surface area contributed by atoms with Gasteiger partial charge in [-0.25, -0.2) is 0 Å². The van der Waals surface area contributed by atoms with Gasteiger partial charge in [0.1, 0.15) is 11.6 Å². The smallest absolute Gasteiger partial charge is 0.268 e. The summed E-state index contributed by atoms with van der Waals surface area (Å²) < 4.78 is 2.14. The van der Waals surface area contributed by atoms with Crippen LogP contribution in [0.5, 0.6) is 0 Å². The molecular weight excluding hydrogens is 420 g/mol. The standard InChI is InChI=1S/C24H26N6OS/c1-15-9-16(2)11-21(10-15)30-17(3)12-19(18(30)4)13-20(14-25)22(31)26-23-27-28-24(32-23)29-7-5-6-8-29/h9-13H,5-8H2,1-4H3,(H,26,27,31)/b20-13-. The number of aromatic nitrogens is 3. The molecule has 0 aliphatic carbocycles. The van der Waals surface area contributed by atoms with E-state index in [1.807, 2.05) is 26.0 Å². The Morgan fingerprint density at radius 2 is 1.78 bits per heavy atom. The van der Waals surface area contributed by atoms with E-state index in [0.29, 0.717) is 5.13 Å². The number of aryl methyl sites for hydroxylation is 3. The Bertz CT molecular complexity index is 1220. The summed E-state index contributed by atoms with van der Waals surface area (Å²) in [5.41, 5.74) is 6.32. The van der Waals surface area contributed by atoms with Crippen LogP contribution in [0.2, 0.25) is 0 Å². The molecule has 1 fully saturated rings. The van der Waals surface area contributed by atoms with Crippen molar-refractivity contribution in [1.82, 2.24) is 14.8 Å². The van der Waals surface area contributed by atoms with Crippen molar-refractivity contribution in [2.24, 2.45) is 0 Å². The molecule has 0 spiro atoms. The molecule has 32 heavy (non-hydrogen) atoms. The molecule has 1 aliphatic rings. The lowest BCUT2D eigenvalue weighted by Crippen LogP contribution is -2.17. The summed E-state index contributed by atoms with van der Waals surface area (Å²) in [4.78, 5) is 14.9. The molecule has 1 aromatic carbocycles. The Balaban J connectivity index is 1.58. The first-order chi connectivity index (χ1) is 15.4. The zero-order valence-corrected chi connectivity index (χ0v) is 19.6. The van der Waals surface area contributed by atoms with Crippen LogP contribution in [-0.2, 0) is 4.79 Å². The third-order valence-corrected chi connectivity index (χ3v) is 6.51. The van der Waals surface area contributed by atoms with Crippen LogP contribution in [0.1, 0.15) is 40.9 Å². The van der Waals surface area contributed by atoms with Crippen LogP contribution in [0.4, 0.5) is 10.3 Å². The Hall–Kier alpha value is -3.44. The summed E-state index contributed by atoms with van der Waals surface area (Å²) in [6.07, 6.45) is 3.92. The van der Waals surface area contributed by atoms with Gasteiger partial charge in [-0.05, 0) is 81.5 Å². The van der Waals surface area contributed by atoms with Crippen molar-refractivity contribution in [3.05, 3.63) is 57.9 Å². The fourth-order valence-corrected chi connectivity index (χ4v) is 4.97. The maximum Gasteiger partial charge on any atom is 0.268 e. The van der Waals surface area contributed by atoms with E-state index >= 15 is 0 Å². The molecular formula is C24H26N6OS. The van der Waals surface area contributed by atoms with Gasteiger partial charge in [-0.15, -0.1) is 10.2 Å². The van der Waals surface area contributed by atoms with Crippen molar-refractivity contribution in [3.63, 3.8) is 0 Å². The third kappa shape index (κ3) is 4.43. The van der Waals surface area contributed by atoms with Crippen molar-refractivity contribution < 1.29 is 4.79 Å². The van der Waals surface area contributed by atoms with Crippen molar-refractivity contribution in [2.45, 2.75) is 40.5 Å². The maximum atomic E-state index is 12.8. The maximum absolute atomic E-state index is 12.8. The highest BCUT2D eigenvalue weighted by Crippen LogP contribution is 2.28. The largest absolute Gasteiger partial charge is 0.347 e. The number of benzene rings is 1. The highest BCUT2D eigenvalue weighted by molar-refractivity contribution is 7.19. The van der Waals surface area contributed by atoms with Gasteiger partial charge in [0, 0.05) is 30.2 Å². The molecule has 0 atom stereocenters. The van der Waals surface area contributed by atoms with Gasteiger partial charge in [-0.2, -0.15) is 5.26 Å². The summed E-state index contributed by atoms with van der Waals surface area (Å²) in [6.45, 7) is 10.1. The van der Waals surface area contributed by atoms with E-state index in [2.05, 4.69) is 57.0 Å². The molecule has 164 valence electrons. The SMILES string of the molecule is Cc1cc(C)cc(-n2c(C)cc(/C=C(/C#N)C(=O)Nc3nnc(N4CCCC4)s3)c2C)c1. The first-order valence-corrected chi connectivity index (χ1v) is 11.5. The van der Waals surface area contributed by atoms with Crippen LogP contribution >= 0.6 is 11.3 Å². The first-order valence-electron chi connectivity index (χ1n) is 10.6. The zero-order valence-electron chi connectivity index (χ0n) is 18.8. The zero-order chi connectivity index (χ0) is 22.8. The average Bonchev–Trinajstić information content (AvgIpc) is 3.46. The van der Waals surface area contributed by atoms with Crippen LogP contribution < -0.4 is 10.2 Å². The molecule has 1 N–H and O–H groups in total. The van der Waals surface area contributed by atoms with Gasteiger partial charge < -0.3 is 9.47 Å². The molecule has 2 aromatic heterocycles. The van der Waals surface area contributed by atoms with Gasteiger partial charge in [0.15, 0.2) is 0 Å². The Labute approximate surface area is 192 Å². The second-order valence-corrected chi connectivity index (χ2v) is 9.17. The molecule has 3 aromatic rings. The highest BCUT2D eigenvalue weighted by atomic mass is 32.1. The molecule has 3 heterocycles. The van der Waals surface area contributed by atoms with Crippen molar-refractivity contribution in [2.75, 3.05) is 23.3 Å². The van der Waals surface area contributed by atoms with E-state index in [0.717, 1.165) is 53.7 Å². The van der Waals surface area contributed by atoms with E-state index in [1.165, 1.54) is 22.5 Å². The molecule has 0 radical (unpaired) electrons. The van der Waals surface area contributed by atoms with Crippen molar-refractivity contribution >= 4 is 33.6 Å². The molecule has 8 heteroatoms. The Kier molecular flexibility index (Phi) is 6.10. The molecule has 7 nitrogen and oxygen atoms in total. The minimum Gasteiger partial charge on any atom is -0.347 e. The Morgan fingerprint density at radius 1 is 1.09 bits per heavy atom. The van der Waals surface area contributed by atoms with Gasteiger partial charge in [0.2, 0.25) is 10.3 Å². The summed E-state index contributed by atoms with van der Waals surface area (Å²) in [7, 11) is 0. The van der Waals surface area contributed by atoms with E-state index in [1.54, 1.807) is 6.08 Å². The fourth-order valence-electron chi connectivity index (χ4n) is 4.18. The van der Waals surface area contributed by atoms with Crippen LogP contribution in [0.3, 0.4) is 0 Å². The normalized spacial score (nSPS) is 14.0. The average molecular weight is 447 g/mol. The number of carbonyl (C=O) groups is 1. The molecule has 0 saturated carbocycles. The minimum atomic E-state index is -0.479. The molecule has 1 saturated heterocycles. The molecule has 1 amide bonds. The van der Waals surface area contributed by atoms with Crippen LogP contribution in [0.25, 0.3) is 11.8 Å². The van der Waals surface area contributed by atoms with Crippen LogP contribution in [-0.4, -0.2) is 33.8 Å². The van der Waals surface area contributed by atoms with Gasteiger partial charge >= 0.3 is 0 Å². The van der Waals surface area contributed by atoms with Crippen LogP contribution in [0, 0.1) is 39.0 Å². The third-order valence-electron chi connectivity index (χ3n) is 5.61. The number of hydrogen-bond acceptors (Lipinski definition) is 6. The Morgan fingerprint density at radius 3 is 2.44 bits per heavy atom. The van der Waals surface area contributed by atoms with Gasteiger partial charge in [-0.3, -0.25) is 10.1 Å². The number of amides is 1. The van der Waals surface area contributed by atoms with Gasteiger partial charge in [0.05, 0.1) is 0 Å². The number of anilines is 2.